The zero-order valence-electron chi connectivity index (χ0n) is 10.4. The predicted octanol–water partition coefficient (Wildman–Crippen LogP) is 3.97. The van der Waals surface area contributed by atoms with Gasteiger partial charge in [0.2, 0.25) is 0 Å². The van der Waals surface area contributed by atoms with E-state index in [-0.39, 0.29) is 11.4 Å². The van der Waals surface area contributed by atoms with E-state index >= 15 is 0 Å². The van der Waals surface area contributed by atoms with Crippen LogP contribution >= 0.6 is 0 Å². The summed E-state index contributed by atoms with van der Waals surface area (Å²) in [6.45, 7) is 0. The van der Waals surface area contributed by atoms with Crippen molar-refractivity contribution in [3.05, 3.63) is 58.5 Å². The van der Waals surface area contributed by atoms with Gasteiger partial charge in [0.05, 0.1) is 7.11 Å². The van der Waals surface area contributed by atoms with Gasteiger partial charge in [-0.25, -0.2) is 0 Å². The molecular weight excluding hydrogens is 242 g/mol. The van der Waals surface area contributed by atoms with Crippen molar-refractivity contribution < 1.29 is 9.84 Å². The van der Waals surface area contributed by atoms with Gasteiger partial charge in [0, 0.05) is 6.07 Å². The first-order valence-electron chi connectivity index (χ1n) is 5.71. The Hall–Kier alpha value is -2.62. The summed E-state index contributed by atoms with van der Waals surface area (Å²) in [5.41, 5.74) is 1.91. The highest BCUT2D eigenvalue weighted by Crippen LogP contribution is 2.23. The molecule has 0 saturated heterocycles. The van der Waals surface area contributed by atoms with Gasteiger partial charge in [-0.3, -0.25) is 0 Å². The standard InChI is InChI=1S/C15H13NO3/c1-19-15-6-4-11(5-7-15)2-3-12-8-13(16-18)10-14(17)9-12/h2-10,17H,1H3/b3-2+. The first-order valence-corrected chi connectivity index (χ1v) is 5.71. The third-order valence-electron chi connectivity index (χ3n) is 2.61. The van der Waals surface area contributed by atoms with Crippen molar-refractivity contribution in [3.63, 3.8) is 0 Å². The molecule has 0 fully saturated rings. The monoisotopic (exact) mass is 255 g/mol. The van der Waals surface area contributed by atoms with Crippen LogP contribution in [0.15, 0.2) is 47.6 Å². The van der Waals surface area contributed by atoms with E-state index in [1.807, 2.05) is 30.3 Å². The molecule has 2 aromatic carbocycles. The second-order valence-corrected chi connectivity index (χ2v) is 3.98. The first kappa shape index (κ1) is 12.8. The van der Waals surface area contributed by atoms with Crippen LogP contribution in [0.2, 0.25) is 0 Å². The SMILES string of the molecule is COc1ccc(/C=C/c2cc(O)cc(N=O)c2)cc1. The number of rotatable bonds is 4. The van der Waals surface area contributed by atoms with Crippen molar-refractivity contribution in [1.82, 2.24) is 0 Å². The van der Waals surface area contributed by atoms with Gasteiger partial charge in [-0.1, -0.05) is 24.3 Å². The molecule has 0 aliphatic heterocycles. The molecule has 0 atom stereocenters. The van der Waals surface area contributed by atoms with Crippen LogP contribution in [0.5, 0.6) is 11.5 Å². The van der Waals surface area contributed by atoms with Crippen molar-refractivity contribution in [3.8, 4) is 11.5 Å². The molecule has 4 heteroatoms. The van der Waals surface area contributed by atoms with Gasteiger partial charge in [0.25, 0.3) is 0 Å². The number of benzene rings is 2. The maximum atomic E-state index is 10.5. The van der Waals surface area contributed by atoms with Crippen molar-refractivity contribution >= 4 is 17.8 Å². The van der Waals surface area contributed by atoms with Gasteiger partial charge in [0.15, 0.2) is 0 Å². The number of ether oxygens (including phenoxy) is 1. The van der Waals surface area contributed by atoms with E-state index in [1.165, 1.54) is 6.07 Å². The quantitative estimate of drug-likeness (QED) is 0.664. The van der Waals surface area contributed by atoms with Gasteiger partial charge < -0.3 is 9.84 Å². The molecular formula is C15H13NO3. The molecule has 96 valence electrons. The fraction of sp³-hybridized carbons (Fsp3) is 0.0667. The largest absolute Gasteiger partial charge is 0.508 e. The number of hydrogen-bond acceptors (Lipinski definition) is 4. The Morgan fingerprint density at radius 1 is 1.05 bits per heavy atom. The molecule has 1 N–H and O–H groups in total. The van der Waals surface area contributed by atoms with Crippen LogP contribution in [-0.2, 0) is 0 Å². The second kappa shape index (κ2) is 5.82. The van der Waals surface area contributed by atoms with Gasteiger partial charge >= 0.3 is 0 Å². The minimum Gasteiger partial charge on any atom is -0.508 e. The van der Waals surface area contributed by atoms with E-state index in [0.29, 0.717) is 5.56 Å². The third kappa shape index (κ3) is 3.42. The molecule has 0 saturated carbocycles. The van der Waals surface area contributed by atoms with Crippen LogP contribution in [0.1, 0.15) is 11.1 Å². The molecule has 0 heterocycles. The van der Waals surface area contributed by atoms with Crippen molar-refractivity contribution in [2.75, 3.05) is 7.11 Å². The maximum absolute atomic E-state index is 10.5. The summed E-state index contributed by atoms with van der Waals surface area (Å²) in [5.74, 6) is 0.813. The van der Waals surface area contributed by atoms with Crippen molar-refractivity contribution in [2.24, 2.45) is 5.18 Å². The Morgan fingerprint density at radius 2 is 1.74 bits per heavy atom. The molecule has 0 unspecified atom stereocenters. The Kier molecular flexibility index (Phi) is 3.93. The fourth-order valence-electron chi connectivity index (χ4n) is 1.67. The van der Waals surface area contributed by atoms with Gasteiger partial charge in [-0.15, -0.1) is 4.91 Å². The lowest BCUT2D eigenvalue weighted by Crippen LogP contribution is -1.81. The topological polar surface area (TPSA) is 58.9 Å². The number of aromatic hydroxyl groups is 1. The first-order chi connectivity index (χ1) is 9.21. The Bertz CT molecular complexity index is 603. The fourth-order valence-corrected chi connectivity index (χ4v) is 1.67. The van der Waals surface area contributed by atoms with E-state index in [9.17, 15) is 10.0 Å². The molecule has 4 nitrogen and oxygen atoms in total. The van der Waals surface area contributed by atoms with Gasteiger partial charge in [-0.2, -0.15) is 0 Å². The highest BCUT2D eigenvalue weighted by Gasteiger charge is 1.98. The summed E-state index contributed by atoms with van der Waals surface area (Å²) in [6, 6.07) is 12.0. The lowest BCUT2D eigenvalue weighted by molar-refractivity contribution is 0.415. The summed E-state index contributed by atoms with van der Waals surface area (Å²) < 4.78 is 5.07. The zero-order valence-corrected chi connectivity index (χ0v) is 10.4. The molecule has 0 amide bonds. The van der Waals surface area contributed by atoms with E-state index in [0.717, 1.165) is 11.3 Å². The van der Waals surface area contributed by atoms with Crippen LogP contribution in [0.25, 0.3) is 12.2 Å². The summed E-state index contributed by atoms with van der Waals surface area (Å²) in [5, 5.41) is 12.3. The molecule has 19 heavy (non-hydrogen) atoms. The van der Waals surface area contributed by atoms with Crippen LogP contribution in [0, 0.1) is 4.91 Å². The second-order valence-electron chi connectivity index (χ2n) is 3.98. The molecule has 2 aromatic rings. The predicted molar refractivity (Wildman–Crippen MR) is 75.5 cm³/mol. The zero-order chi connectivity index (χ0) is 13.7. The lowest BCUT2D eigenvalue weighted by Gasteiger charge is -2.00. The molecule has 0 aliphatic carbocycles. The molecule has 2 rings (SSSR count). The highest BCUT2D eigenvalue weighted by atomic mass is 16.5. The summed E-state index contributed by atoms with van der Waals surface area (Å²) in [7, 11) is 1.62. The molecule has 0 radical (unpaired) electrons. The van der Waals surface area contributed by atoms with E-state index in [2.05, 4.69) is 5.18 Å². The number of nitroso groups, excluding NO2 is 1. The number of phenols is 1. The maximum Gasteiger partial charge on any atom is 0.118 e. The van der Waals surface area contributed by atoms with Crippen LogP contribution < -0.4 is 4.74 Å². The average Bonchev–Trinajstić information content (AvgIpc) is 2.45. The Balaban J connectivity index is 2.21. The Labute approximate surface area is 110 Å². The molecule has 0 aromatic heterocycles. The molecule has 0 spiro atoms. The van der Waals surface area contributed by atoms with Crippen LogP contribution in [-0.4, -0.2) is 12.2 Å². The van der Waals surface area contributed by atoms with Crippen LogP contribution in [0.3, 0.4) is 0 Å². The molecule has 0 bridgehead atoms. The number of methoxy groups -OCH3 is 1. The number of hydrogen-bond donors (Lipinski definition) is 1. The Morgan fingerprint density at radius 3 is 2.37 bits per heavy atom. The van der Waals surface area contributed by atoms with Crippen molar-refractivity contribution in [2.45, 2.75) is 0 Å². The number of nitrogens with zero attached hydrogens (tertiary/aromatic N) is 1. The lowest BCUT2D eigenvalue weighted by atomic mass is 10.1. The van der Waals surface area contributed by atoms with Crippen molar-refractivity contribution in [1.29, 1.82) is 0 Å². The highest BCUT2D eigenvalue weighted by molar-refractivity contribution is 5.72. The number of phenolic OH excluding ortho intramolecular Hbond substituents is 1. The normalized spacial score (nSPS) is 10.6. The summed E-state index contributed by atoms with van der Waals surface area (Å²) >= 11 is 0. The third-order valence-corrected chi connectivity index (χ3v) is 2.61. The minimum absolute atomic E-state index is 0.0199. The molecule has 0 aliphatic rings. The summed E-state index contributed by atoms with van der Waals surface area (Å²) in [4.78, 5) is 10.5. The van der Waals surface area contributed by atoms with Crippen LogP contribution in [0.4, 0.5) is 5.69 Å². The minimum atomic E-state index is 0.0199. The van der Waals surface area contributed by atoms with Gasteiger partial charge in [0.1, 0.15) is 17.2 Å². The van der Waals surface area contributed by atoms with Gasteiger partial charge in [-0.05, 0) is 40.6 Å². The van der Waals surface area contributed by atoms with E-state index in [1.54, 1.807) is 25.3 Å². The van der Waals surface area contributed by atoms with E-state index < -0.39 is 0 Å². The smallest absolute Gasteiger partial charge is 0.118 e. The summed E-state index contributed by atoms with van der Waals surface area (Å²) in [6.07, 6.45) is 3.68. The van der Waals surface area contributed by atoms with E-state index in [4.69, 9.17) is 4.74 Å². The average molecular weight is 255 g/mol.